The molecule has 1 nitrogen and oxygen atoms in total. The molecule has 2 aliphatic heterocycles. The number of benzene rings is 3. The summed E-state index contributed by atoms with van der Waals surface area (Å²) < 4.78 is 0. The molecule has 0 radical (unpaired) electrons. The number of nitrogens with zero attached hydrogens (tertiary/aromatic N) is 1. The molecule has 0 N–H and O–H groups in total. The van der Waals surface area contributed by atoms with Crippen molar-refractivity contribution >= 4 is 41.6 Å². The molecular weight excluding hydrogens is 265 g/mol. The van der Waals surface area contributed by atoms with Crippen LogP contribution in [0.1, 0.15) is 5.56 Å². The molecule has 0 aliphatic carbocycles. The second kappa shape index (κ2) is 4.38. The lowest BCUT2D eigenvalue weighted by Crippen LogP contribution is -2.44. The Balaban J connectivity index is 1.86. The molecule has 0 atom stereocenters. The van der Waals surface area contributed by atoms with Gasteiger partial charge in [0.2, 0.25) is 0 Å². The molecule has 0 fully saturated rings. The fourth-order valence-corrected chi connectivity index (χ4v) is 3.54. The first kappa shape index (κ1) is 11.9. The second-order valence-corrected chi connectivity index (χ2v) is 5.91. The molecule has 0 saturated heterocycles. The van der Waals surface area contributed by atoms with Crippen LogP contribution >= 0.6 is 0 Å². The topological polar surface area (TPSA) is 3.24 Å². The van der Waals surface area contributed by atoms with E-state index in [-0.39, 0.29) is 0 Å². The molecule has 5 rings (SSSR count). The van der Waals surface area contributed by atoms with E-state index in [4.69, 9.17) is 0 Å². The Morgan fingerprint density at radius 1 is 0.773 bits per heavy atom. The summed E-state index contributed by atoms with van der Waals surface area (Å²) in [6, 6.07) is 21.6. The van der Waals surface area contributed by atoms with Crippen molar-refractivity contribution in [2.24, 2.45) is 0 Å². The predicted molar refractivity (Wildman–Crippen MR) is 95.8 cm³/mol. The first-order valence-electron chi connectivity index (χ1n) is 7.67. The van der Waals surface area contributed by atoms with Gasteiger partial charge in [0, 0.05) is 11.1 Å². The van der Waals surface area contributed by atoms with Crippen LogP contribution in [0.3, 0.4) is 0 Å². The average Bonchev–Trinajstić information content (AvgIpc) is 2.59. The summed E-state index contributed by atoms with van der Waals surface area (Å²) in [6.07, 6.45) is 4.54. The summed E-state index contributed by atoms with van der Waals surface area (Å²) in [6.45, 7) is 0.299. The van der Waals surface area contributed by atoms with Crippen LogP contribution in [0.15, 0.2) is 66.6 Å². The lowest BCUT2D eigenvalue weighted by molar-refractivity contribution is 1.40. The van der Waals surface area contributed by atoms with Gasteiger partial charge in [0.05, 0.1) is 0 Å². The summed E-state index contributed by atoms with van der Waals surface area (Å²) in [7, 11) is 0. The van der Waals surface area contributed by atoms with Crippen LogP contribution in [0.5, 0.6) is 0 Å². The van der Waals surface area contributed by atoms with E-state index in [0.717, 1.165) is 0 Å². The molecule has 0 unspecified atom stereocenters. The largest absolute Gasteiger partial charge is 0.382 e. The maximum atomic E-state index is 2.40. The third kappa shape index (κ3) is 1.61. The van der Waals surface area contributed by atoms with Gasteiger partial charge in [-0.3, -0.25) is 0 Å². The highest BCUT2D eigenvalue weighted by atomic mass is 15.1. The Labute approximate surface area is 129 Å². The van der Waals surface area contributed by atoms with Gasteiger partial charge in [0.25, 0.3) is 0 Å². The van der Waals surface area contributed by atoms with Crippen molar-refractivity contribution in [3.05, 3.63) is 82.6 Å². The monoisotopic (exact) mass is 279 g/mol. The Bertz CT molecular complexity index is 1050. The Morgan fingerprint density at radius 3 is 2.55 bits per heavy atom. The highest BCUT2D eigenvalue weighted by molar-refractivity contribution is 6.83. The Kier molecular flexibility index (Phi) is 2.36. The smallest absolute Gasteiger partial charge is 0.313 e. The zero-order chi connectivity index (χ0) is 14.5. The first-order chi connectivity index (χ1) is 10.9. The highest BCUT2D eigenvalue weighted by Crippen LogP contribution is 2.36. The third-order valence-corrected chi connectivity index (χ3v) is 4.61. The second-order valence-electron chi connectivity index (χ2n) is 5.91. The number of hydrogen-bond acceptors (Lipinski definition) is 1. The first-order valence-corrected chi connectivity index (χ1v) is 7.67. The minimum Gasteiger partial charge on any atom is -0.382 e. The van der Waals surface area contributed by atoms with Crippen LogP contribution in [-0.2, 0) is 0 Å². The van der Waals surface area contributed by atoms with Gasteiger partial charge < -0.3 is 4.81 Å². The fourth-order valence-electron chi connectivity index (χ4n) is 3.54. The predicted octanol–water partition coefficient (Wildman–Crippen LogP) is 2.98. The number of fused-ring (bicyclic) bond motifs is 6. The summed E-state index contributed by atoms with van der Waals surface area (Å²) in [5.41, 5.74) is 2.61. The molecule has 3 aromatic carbocycles. The standard InChI is InChI=1S/C20H14BN/c1-2-7-18-14-22-20-16(11-12-21(22)13-17(18)6-1)10-9-15-5-3-4-8-19(15)20/h1-14H. The zero-order valence-electron chi connectivity index (χ0n) is 12.1. The molecule has 0 amide bonds. The van der Waals surface area contributed by atoms with Crippen LogP contribution in [0.25, 0.3) is 29.0 Å². The van der Waals surface area contributed by atoms with E-state index in [1.165, 1.54) is 32.5 Å². The van der Waals surface area contributed by atoms with Gasteiger partial charge in [0.1, 0.15) is 0 Å². The summed E-state index contributed by atoms with van der Waals surface area (Å²) in [4.78, 5) is 2.40. The van der Waals surface area contributed by atoms with Crippen molar-refractivity contribution < 1.29 is 0 Å². The van der Waals surface area contributed by atoms with Crippen LogP contribution in [0, 0.1) is 0 Å². The van der Waals surface area contributed by atoms with E-state index in [2.05, 4.69) is 89.7 Å². The van der Waals surface area contributed by atoms with Gasteiger partial charge in [-0.25, -0.2) is 0 Å². The summed E-state index contributed by atoms with van der Waals surface area (Å²) in [5.74, 6) is 4.63. The van der Waals surface area contributed by atoms with Crippen molar-refractivity contribution in [2.75, 3.05) is 4.81 Å². The van der Waals surface area contributed by atoms with Crippen molar-refractivity contribution in [1.29, 1.82) is 0 Å². The van der Waals surface area contributed by atoms with E-state index in [1.54, 1.807) is 0 Å². The third-order valence-electron chi connectivity index (χ3n) is 4.61. The van der Waals surface area contributed by atoms with E-state index in [9.17, 15) is 0 Å². The fraction of sp³-hybridized carbons (Fsp3) is 0. The zero-order valence-corrected chi connectivity index (χ0v) is 12.1. The number of hydrogen-bond donors (Lipinski definition) is 0. The molecule has 22 heavy (non-hydrogen) atoms. The van der Waals surface area contributed by atoms with Crippen LogP contribution in [0.2, 0.25) is 0 Å². The van der Waals surface area contributed by atoms with E-state index in [1.807, 2.05) is 0 Å². The van der Waals surface area contributed by atoms with Crippen LogP contribution in [-0.4, -0.2) is 6.85 Å². The lowest BCUT2D eigenvalue weighted by atomic mass is 9.56. The molecule has 3 aromatic rings. The molecule has 0 spiro atoms. The SMILES string of the molecule is C1=Cc2ccc3ccccc3c2N2C=c3ccccc3=CB12. The van der Waals surface area contributed by atoms with Gasteiger partial charge >= 0.3 is 6.85 Å². The van der Waals surface area contributed by atoms with Gasteiger partial charge in [-0.1, -0.05) is 78.7 Å². The number of rotatable bonds is 0. The van der Waals surface area contributed by atoms with Crippen molar-refractivity contribution in [3.8, 4) is 0 Å². The van der Waals surface area contributed by atoms with E-state index in [0.29, 0.717) is 6.85 Å². The average molecular weight is 279 g/mol. The van der Waals surface area contributed by atoms with Crippen molar-refractivity contribution in [2.45, 2.75) is 0 Å². The van der Waals surface area contributed by atoms with Crippen molar-refractivity contribution in [1.82, 2.24) is 0 Å². The quantitative estimate of drug-likeness (QED) is 0.572. The summed E-state index contributed by atoms with van der Waals surface area (Å²) in [5, 5.41) is 5.21. The van der Waals surface area contributed by atoms with Gasteiger partial charge in [-0.2, -0.15) is 0 Å². The molecule has 0 aromatic heterocycles. The van der Waals surface area contributed by atoms with Crippen LogP contribution in [0.4, 0.5) is 5.69 Å². The maximum absolute atomic E-state index is 2.40. The molecule has 2 heterocycles. The molecule has 0 bridgehead atoms. The normalized spacial score (nSPS) is 14.7. The minimum atomic E-state index is 0.299. The lowest BCUT2D eigenvalue weighted by Gasteiger charge is -2.32. The minimum absolute atomic E-state index is 0.299. The molecule has 102 valence electrons. The highest BCUT2D eigenvalue weighted by Gasteiger charge is 2.26. The maximum Gasteiger partial charge on any atom is 0.313 e. The van der Waals surface area contributed by atoms with Gasteiger partial charge in [0.15, 0.2) is 0 Å². The molecule has 2 aliphatic rings. The Morgan fingerprint density at radius 2 is 1.59 bits per heavy atom. The van der Waals surface area contributed by atoms with Crippen molar-refractivity contribution in [3.63, 3.8) is 0 Å². The molecular formula is C20H14BN. The number of anilines is 1. The van der Waals surface area contributed by atoms with Crippen LogP contribution < -0.4 is 15.2 Å². The molecule has 0 saturated carbocycles. The Hall–Kier alpha value is -2.74. The van der Waals surface area contributed by atoms with E-state index < -0.39 is 0 Å². The van der Waals surface area contributed by atoms with Gasteiger partial charge in [-0.05, 0) is 27.6 Å². The molecule has 2 heteroatoms. The summed E-state index contributed by atoms with van der Waals surface area (Å²) >= 11 is 0. The van der Waals surface area contributed by atoms with E-state index >= 15 is 0 Å². The van der Waals surface area contributed by atoms with Gasteiger partial charge in [-0.15, -0.1) is 0 Å².